The van der Waals surface area contributed by atoms with Crippen molar-refractivity contribution >= 4 is 17.9 Å². The molecule has 6 heteroatoms. The van der Waals surface area contributed by atoms with E-state index in [-0.39, 0.29) is 11.8 Å². The minimum absolute atomic E-state index is 0.130. The van der Waals surface area contributed by atoms with Crippen molar-refractivity contribution in [3.05, 3.63) is 0 Å². The number of carboxylic acids is 3. The van der Waals surface area contributed by atoms with Crippen molar-refractivity contribution in [3.63, 3.8) is 0 Å². The molecule has 0 aromatic heterocycles. The van der Waals surface area contributed by atoms with Crippen LogP contribution in [0.15, 0.2) is 0 Å². The molecular weight excluding hydrogens is 264 g/mol. The summed E-state index contributed by atoms with van der Waals surface area (Å²) < 4.78 is 0. The summed E-state index contributed by atoms with van der Waals surface area (Å²) in [7, 11) is 0. The number of hydrogen-bond donors (Lipinski definition) is 3. The number of hydrogen-bond acceptors (Lipinski definition) is 3. The maximum Gasteiger partial charge on any atom is 0.306 e. The van der Waals surface area contributed by atoms with Crippen LogP contribution in [0.1, 0.15) is 60.3 Å². The molecule has 0 unspecified atom stereocenters. The lowest BCUT2D eigenvalue weighted by Gasteiger charge is -2.02. The number of aliphatic carboxylic acids is 3. The Balaban J connectivity index is -0.000000230. The Morgan fingerprint density at radius 3 is 0.850 bits per heavy atom. The SMILES string of the molecule is CC(=O)O.CCC(CC)C(=O)O.CCC(CC)C(=O)O. The molecule has 0 amide bonds. The molecule has 20 heavy (non-hydrogen) atoms. The van der Waals surface area contributed by atoms with Gasteiger partial charge in [-0.25, -0.2) is 0 Å². The Bertz CT molecular complexity index is 241. The average Bonchev–Trinajstić information content (AvgIpc) is 2.31. The molecule has 0 fully saturated rings. The fourth-order valence-corrected chi connectivity index (χ4v) is 1.28. The molecule has 0 aromatic rings. The van der Waals surface area contributed by atoms with Crippen molar-refractivity contribution in [2.45, 2.75) is 60.3 Å². The quantitative estimate of drug-likeness (QED) is 0.693. The van der Waals surface area contributed by atoms with Gasteiger partial charge in [-0.2, -0.15) is 0 Å². The number of rotatable bonds is 6. The van der Waals surface area contributed by atoms with Gasteiger partial charge >= 0.3 is 11.9 Å². The molecule has 0 atom stereocenters. The van der Waals surface area contributed by atoms with Crippen LogP contribution in [0.25, 0.3) is 0 Å². The molecule has 0 radical (unpaired) electrons. The first-order valence-electron chi connectivity index (χ1n) is 6.82. The van der Waals surface area contributed by atoms with E-state index in [4.69, 9.17) is 20.1 Å². The van der Waals surface area contributed by atoms with E-state index in [2.05, 4.69) is 0 Å². The molecule has 0 aromatic carbocycles. The van der Waals surface area contributed by atoms with Crippen LogP contribution in [-0.4, -0.2) is 33.2 Å². The van der Waals surface area contributed by atoms with Gasteiger partial charge in [0.1, 0.15) is 0 Å². The highest BCUT2D eigenvalue weighted by molar-refractivity contribution is 5.70. The average molecular weight is 292 g/mol. The highest BCUT2D eigenvalue weighted by atomic mass is 16.4. The predicted molar refractivity (Wildman–Crippen MR) is 76.7 cm³/mol. The smallest absolute Gasteiger partial charge is 0.306 e. The van der Waals surface area contributed by atoms with E-state index >= 15 is 0 Å². The van der Waals surface area contributed by atoms with E-state index in [1.54, 1.807) is 0 Å². The lowest BCUT2D eigenvalue weighted by Crippen LogP contribution is -2.10. The molecule has 0 bridgehead atoms. The zero-order chi connectivity index (χ0) is 16.7. The van der Waals surface area contributed by atoms with E-state index in [1.165, 1.54) is 0 Å². The third-order valence-corrected chi connectivity index (χ3v) is 2.67. The summed E-state index contributed by atoms with van der Waals surface area (Å²) in [6.45, 7) is 8.65. The van der Waals surface area contributed by atoms with Crippen LogP contribution < -0.4 is 0 Å². The van der Waals surface area contributed by atoms with Gasteiger partial charge in [0.05, 0.1) is 11.8 Å². The lowest BCUT2D eigenvalue weighted by atomic mass is 10.1. The van der Waals surface area contributed by atoms with Crippen LogP contribution in [0.5, 0.6) is 0 Å². The molecule has 0 aliphatic carbocycles. The topological polar surface area (TPSA) is 112 Å². The second-order valence-corrected chi connectivity index (χ2v) is 4.22. The molecule has 0 aliphatic heterocycles. The second kappa shape index (κ2) is 15.5. The van der Waals surface area contributed by atoms with Gasteiger partial charge in [0.25, 0.3) is 5.97 Å². The second-order valence-electron chi connectivity index (χ2n) is 4.22. The molecule has 0 saturated heterocycles. The predicted octanol–water partition coefficient (Wildman–Crippen LogP) is 3.11. The molecule has 0 aliphatic rings. The number of carboxylic acid groups (broad SMARTS) is 3. The molecule has 6 nitrogen and oxygen atoms in total. The van der Waals surface area contributed by atoms with E-state index in [0.29, 0.717) is 0 Å². The normalized spacial score (nSPS) is 9.15. The molecule has 0 rings (SSSR count). The van der Waals surface area contributed by atoms with Gasteiger partial charge in [0, 0.05) is 6.92 Å². The van der Waals surface area contributed by atoms with Gasteiger partial charge in [0.15, 0.2) is 0 Å². The van der Waals surface area contributed by atoms with Crippen molar-refractivity contribution < 1.29 is 29.7 Å². The molecular formula is C14H28O6. The minimum Gasteiger partial charge on any atom is -0.481 e. The van der Waals surface area contributed by atoms with Crippen molar-refractivity contribution in [1.29, 1.82) is 0 Å². The first-order valence-corrected chi connectivity index (χ1v) is 6.82. The van der Waals surface area contributed by atoms with Crippen LogP contribution >= 0.6 is 0 Å². The zero-order valence-corrected chi connectivity index (χ0v) is 13.0. The van der Waals surface area contributed by atoms with Gasteiger partial charge in [-0.15, -0.1) is 0 Å². The first kappa shape index (κ1) is 23.5. The van der Waals surface area contributed by atoms with Crippen molar-refractivity contribution in [2.75, 3.05) is 0 Å². The summed E-state index contributed by atoms with van der Waals surface area (Å²) >= 11 is 0. The molecule has 0 saturated carbocycles. The van der Waals surface area contributed by atoms with E-state index in [9.17, 15) is 9.59 Å². The fraction of sp³-hybridized carbons (Fsp3) is 0.786. The Labute approximate surface area is 120 Å². The van der Waals surface area contributed by atoms with Crippen molar-refractivity contribution in [3.8, 4) is 0 Å². The third-order valence-electron chi connectivity index (χ3n) is 2.67. The zero-order valence-electron chi connectivity index (χ0n) is 13.0. The van der Waals surface area contributed by atoms with Crippen LogP contribution in [0.3, 0.4) is 0 Å². The molecule has 3 N–H and O–H groups in total. The lowest BCUT2D eigenvalue weighted by molar-refractivity contribution is -0.142. The van der Waals surface area contributed by atoms with Crippen molar-refractivity contribution in [2.24, 2.45) is 11.8 Å². The Morgan fingerprint density at radius 2 is 0.850 bits per heavy atom. The summed E-state index contributed by atoms with van der Waals surface area (Å²) in [5.74, 6) is -2.44. The summed E-state index contributed by atoms with van der Waals surface area (Å²) in [5.41, 5.74) is 0. The maximum atomic E-state index is 10.2. The monoisotopic (exact) mass is 292 g/mol. The van der Waals surface area contributed by atoms with Crippen LogP contribution in [0, 0.1) is 11.8 Å². The van der Waals surface area contributed by atoms with Crippen LogP contribution in [-0.2, 0) is 14.4 Å². The highest BCUT2D eigenvalue weighted by Crippen LogP contribution is 2.06. The fourth-order valence-electron chi connectivity index (χ4n) is 1.28. The summed E-state index contributed by atoms with van der Waals surface area (Å²) in [4.78, 5) is 29.3. The highest BCUT2D eigenvalue weighted by Gasteiger charge is 2.10. The summed E-state index contributed by atoms with van der Waals surface area (Å²) in [5, 5.41) is 24.2. The molecule has 120 valence electrons. The van der Waals surface area contributed by atoms with Gasteiger partial charge in [-0.3, -0.25) is 14.4 Å². The minimum atomic E-state index is -0.833. The summed E-state index contributed by atoms with van der Waals surface area (Å²) in [6, 6.07) is 0. The summed E-state index contributed by atoms with van der Waals surface area (Å²) in [6.07, 6.45) is 2.97. The van der Waals surface area contributed by atoms with Gasteiger partial charge in [-0.05, 0) is 25.7 Å². The first-order chi connectivity index (χ1) is 9.17. The number of carbonyl (C=O) groups is 3. The van der Waals surface area contributed by atoms with E-state index in [0.717, 1.165) is 32.6 Å². The molecule has 0 spiro atoms. The van der Waals surface area contributed by atoms with E-state index in [1.807, 2.05) is 27.7 Å². The van der Waals surface area contributed by atoms with E-state index < -0.39 is 17.9 Å². The van der Waals surface area contributed by atoms with Gasteiger partial charge in [0.2, 0.25) is 0 Å². The Hall–Kier alpha value is -1.59. The Kier molecular flexibility index (Phi) is 18.2. The van der Waals surface area contributed by atoms with Crippen molar-refractivity contribution in [1.82, 2.24) is 0 Å². The van der Waals surface area contributed by atoms with Crippen LogP contribution in [0.4, 0.5) is 0 Å². The molecule has 0 heterocycles. The largest absolute Gasteiger partial charge is 0.481 e. The maximum absolute atomic E-state index is 10.2. The van der Waals surface area contributed by atoms with Gasteiger partial charge in [-0.1, -0.05) is 27.7 Å². The standard InChI is InChI=1S/2C6H12O2.C2H4O2/c2*1-3-5(4-2)6(7)8;1-2(3)4/h2*5H,3-4H2,1-2H3,(H,7,8);1H3,(H,3,4). The third kappa shape index (κ3) is 18.8. The Morgan fingerprint density at radius 1 is 0.700 bits per heavy atom. The van der Waals surface area contributed by atoms with Crippen LogP contribution in [0.2, 0.25) is 0 Å². The van der Waals surface area contributed by atoms with Gasteiger partial charge < -0.3 is 15.3 Å².